The van der Waals surface area contributed by atoms with E-state index in [0.717, 1.165) is 14.7 Å². The maximum Gasteiger partial charge on any atom is 0.251 e. The summed E-state index contributed by atoms with van der Waals surface area (Å²) < 4.78 is 2.80. The Morgan fingerprint density at radius 1 is 1.29 bits per heavy atom. The summed E-state index contributed by atoms with van der Waals surface area (Å²) in [7, 11) is 0. The van der Waals surface area contributed by atoms with Gasteiger partial charge in [-0.1, -0.05) is 23.7 Å². The number of rotatable bonds is 2. The molecule has 0 N–H and O–H groups in total. The van der Waals surface area contributed by atoms with Crippen molar-refractivity contribution in [3.8, 4) is 0 Å². The van der Waals surface area contributed by atoms with E-state index in [9.17, 15) is 4.79 Å². The molecule has 0 amide bonds. The predicted molar refractivity (Wildman–Crippen MR) is 78.7 cm³/mol. The summed E-state index contributed by atoms with van der Waals surface area (Å²) in [5.74, 6) is 0. The topological polar surface area (TPSA) is 22.0 Å². The van der Waals surface area contributed by atoms with Crippen molar-refractivity contribution in [3.05, 3.63) is 66.6 Å². The standard InChI is InChI=1S/C13H11ClINO/c1-9-6-13(17)16(8-12(9)15)7-10-2-4-11(14)5-3-10/h2-6,8H,7H2,1H3. The monoisotopic (exact) mass is 359 g/mol. The third kappa shape index (κ3) is 3.10. The van der Waals surface area contributed by atoms with Gasteiger partial charge in [0.2, 0.25) is 0 Å². The van der Waals surface area contributed by atoms with Crippen molar-refractivity contribution in [1.82, 2.24) is 4.57 Å². The molecule has 0 saturated carbocycles. The summed E-state index contributed by atoms with van der Waals surface area (Å²) in [6.07, 6.45) is 1.88. The van der Waals surface area contributed by atoms with Crippen molar-refractivity contribution in [2.24, 2.45) is 0 Å². The molecule has 2 nitrogen and oxygen atoms in total. The highest BCUT2D eigenvalue weighted by Gasteiger charge is 2.02. The molecule has 0 aliphatic heterocycles. The molecular formula is C13H11ClINO. The van der Waals surface area contributed by atoms with Gasteiger partial charge in [-0.05, 0) is 52.8 Å². The first-order valence-electron chi connectivity index (χ1n) is 5.17. The van der Waals surface area contributed by atoms with Crippen molar-refractivity contribution in [1.29, 1.82) is 0 Å². The van der Waals surface area contributed by atoms with Crippen LogP contribution in [-0.4, -0.2) is 4.57 Å². The minimum atomic E-state index is 0.0258. The molecule has 0 atom stereocenters. The van der Waals surface area contributed by atoms with Gasteiger partial charge in [-0.3, -0.25) is 4.79 Å². The molecule has 0 spiro atoms. The summed E-state index contributed by atoms with van der Waals surface area (Å²) in [6, 6.07) is 9.20. The molecule has 0 bridgehead atoms. The van der Waals surface area contributed by atoms with Crippen molar-refractivity contribution >= 4 is 34.2 Å². The van der Waals surface area contributed by atoms with Crippen LogP contribution in [0.2, 0.25) is 5.02 Å². The van der Waals surface area contributed by atoms with Crippen LogP contribution in [-0.2, 0) is 6.54 Å². The molecule has 0 unspecified atom stereocenters. The summed E-state index contributed by atoms with van der Waals surface area (Å²) >= 11 is 8.06. The fourth-order valence-electron chi connectivity index (χ4n) is 1.55. The Morgan fingerprint density at radius 3 is 2.59 bits per heavy atom. The number of aromatic nitrogens is 1. The van der Waals surface area contributed by atoms with Crippen molar-refractivity contribution < 1.29 is 0 Å². The fourth-order valence-corrected chi connectivity index (χ4v) is 2.17. The van der Waals surface area contributed by atoms with E-state index in [-0.39, 0.29) is 5.56 Å². The van der Waals surface area contributed by atoms with Gasteiger partial charge in [0.25, 0.3) is 5.56 Å². The van der Waals surface area contributed by atoms with E-state index in [0.29, 0.717) is 11.6 Å². The quantitative estimate of drug-likeness (QED) is 0.753. The highest BCUT2D eigenvalue weighted by Crippen LogP contribution is 2.12. The fraction of sp³-hybridized carbons (Fsp3) is 0.154. The van der Waals surface area contributed by atoms with E-state index in [1.54, 1.807) is 10.6 Å². The lowest BCUT2D eigenvalue weighted by Crippen LogP contribution is -2.20. The molecule has 88 valence electrons. The lowest BCUT2D eigenvalue weighted by Gasteiger charge is -2.08. The molecule has 4 heteroatoms. The van der Waals surface area contributed by atoms with E-state index in [1.807, 2.05) is 37.4 Å². The third-order valence-corrected chi connectivity index (χ3v) is 3.92. The molecule has 1 aromatic carbocycles. The Balaban J connectivity index is 2.33. The smallest absolute Gasteiger partial charge is 0.251 e. The van der Waals surface area contributed by atoms with Gasteiger partial charge in [-0.25, -0.2) is 0 Å². The molecule has 0 radical (unpaired) electrons. The summed E-state index contributed by atoms with van der Waals surface area (Å²) in [6.45, 7) is 2.52. The minimum Gasteiger partial charge on any atom is -0.310 e. The zero-order valence-electron chi connectivity index (χ0n) is 9.28. The number of benzene rings is 1. The Morgan fingerprint density at radius 2 is 1.94 bits per heavy atom. The van der Waals surface area contributed by atoms with E-state index in [4.69, 9.17) is 11.6 Å². The largest absolute Gasteiger partial charge is 0.310 e. The zero-order valence-corrected chi connectivity index (χ0v) is 12.2. The number of pyridine rings is 1. The number of halogens is 2. The van der Waals surface area contributed by atoms with Gasteiger partial charge in [0.15, 0.2) is 0 Å². The van der Waals surface area contributed by atoms with Crippen LogP contribution >= 0.6 is 34.2 Å². The van der Waals surface area contributed by atoms with Crippen LogP contribution in [0.15, 0.2) is 41.3 Å². The first-order chi connectivity index (χ1) is 8.06. The Bertz CT molecular complexity index is 589. The third-order valence-electron chi connectivity index (χ3n) is 2.54. The number of aryl methyl sites for hydroxylation is 1. The maximum absolute atomic E-state index is 11.8. The second kappa shape index (κ2) is 5.23. The number of hydrogen-bond acceptors (Lipinski definition) is 1. The molecule has 2 rings (SSSR count). The van der Waals surface area contributed by atoms with Crippen molar-refractivity contribution in [3.63, 3.8) is 0 Å². The van der Waals surface area contributed by atoms with Gasteiger partial charge < -0.3 is 4.57 Å². The van der Waals surface area contributed by atoms with Gasteiger partial charge in [-0.15, -0.1) is 0 Å². The number of nitrogens with zero attached hydrogens (tertiary/aromatic N) is 1. The first-order valence-corrected chi connectivity index (χ1v) is 6.63. The van der Waals surface area contributed by atoms with Crippen molar-refractivity contribution in [2.45, 2.75) is 13.5 Å². The van der Waals surface area contributed by atoms with Gasteiger partial charge >= 0.3 is 0 Å². The molecule has 1 heterocycles. The predicted octanol–water partition coefficient (Wildman–Crippen LogP) is 3.46. The molecule has 2 aromatic rings. The zero-order chi connectivity index (χ0) is 12.4. The van der Waals surface area contributed by atoms with Crippen LogP contribution in [0.1, 0.15) is 11.1 Å². The van der Waals surface area contributed by atoms with Crippen molar-refractivity contribution in [2.75, 3.05) is 0 Å². The Labute approximate surface area is 118 Å². The average Bonchev–Trinajstić information content (AvgIpc) is 2.29. The normalized spacial score (nSPS) is 10.5. The van der Waals surface area contributed by atoms with Crippen LogP contribution in [0.25, 0.3) is 0 Å². The SMILES string of the molecule is Cc1cc(=O)n(Cc2ccc(Cl)cc2)cc1I. The maximum atomic E-state index is 11.8. The van der Waals surface area contributed by atoms with Crippen LogP contribution in [0.3, 0.4) is 0 Å². The van der Waals surface area contributed by atoms with Gasteiger partial charge in [-0.2, -0.15) is 0 Å². The van der Waals surface area contributed by atoms with E-state index in [2.05, 4.69) is 22.6 Å². The van der Waals surface area contributed by atoms with Gasteiger partial charge in [0, 0.05) is 20.9 Å². The highest BCUT2D eigenvalue weighted by atomic mass is 127. The Kier molecular flexibility index (Phi) is 3.89. The van der Waals surface area contributed by atoms with E-state index < -0.39 is 0 Å². The molecule has 0 aliphatic rings. The van der Waals surface area contributed by atoms with Crippen LogP contribution < -0.4 is 5.56 Å². The van der Waals surface area contributed by atoms with Crippen LogP contribution in [0.5, 0.6) is 0 Å². The molecule has 0 saturated heterocycles. The van der Waals surface area contributed by atoms with E-state index in [1.165, 1.54) is 0 Å². The lowest BCUT2D eigenvalue weighted by atomic mass is 10.2. The molecular weight excluding hydrogens is 349 g/mol. The molecule has 1 aromatic heterocycles. The second-order valence-electron chi connectivity index (χ2n) is 3.90. The molecule has 17 heavy (non-hydrogen) atoms. The first kappa shape index (κ1) is 12.6. The second-order valence-corrected chi connectivity index (χ2v) is 5.50. The van der Waals surface area contributed by atoms with Crippen LogP contribution in [0.4, 0.5) is 0 Å². The minimum absolute atomic E-state index is 0.0258. The van der Waals surface area contributed by atoms with Gasteiger partial charge in [0.05, 0.1) is 6.54 Å². The van der Waals surface area contributed by atoms with E-state index >= 15 is 0 Å². The Hall–Kier alpha value is -0.810. The van der Waals surface area contributed by atoms with Gasteiger partial charge in [0.1, 0.15) is 0 Å². The number of hydrogen-bond donors (Lipinski definition) is 0. The summed E-state index contributed by atoms with van der Waals surface area (Å²) in [5, 5.41) is 0.708. The summed E-state index contributed by atoms with van der Waals surface area (Å²) in [4.78, 5) is 11.8. The highest BCUT2D eigenvalue weighted by molar-refractivity contribution is 14.1. The molecule has 0 aliphatic carbocycles. The lowest BCUT2D eigenvalue weighted by molar-refractivity contribution is 0.753. The van der Waals surface area contributed by atoms with Crippen LogP contribution in [0, 0.1) is 10.5 Å². The summed E-state index contributed by atoms with van der Waals surface area (Å²) in [5.41, 5.74) is 2.11. The molecule has 0 fully saturated rings. The average molecular weight is 360 g/mol.